The molecular formula is C57H34N6. The van der Waals surface area contributed by atoms with Gasteiger partial charge in [-0.25, -0.2) is 0 Å². The van der Waals surface area contributed by atoms with Crippen molar-refractivity contribution < 1.29 is 0 Å². The molecule has 0 spiro atoms. The van der Waals surface area contributed by atoms with Gasteiger partial charge in [-0.2, -0.15) is 15.0 Å². The van der Waals surface area contributed by atoms with Gasteiger partial charge in [0, 0.05) is 48.7 Å². The molecule has 63 heavy (non-hydrogen) atoms. The molecule has 6 nitrogen and oxygen atoms in total. The molecule has 14 aromatic rings. The second-order valence-electron chi connectivity index (χ2n) is 16.3. The van der Waals surface area contributed by atoms with Gasteiger partial charge in [-0.05, 0) is 57.9 Å². The first-order chi connectivity index (χ1) is 31.3. The lowest BCUT2D eigenvalue weighted by Gasteiger charge is -2.14. The minimum absolute atomic E-state index is 0.547. The van der Waals surface area contributed by atoms with E-state index in [2.05, 4.69) is 220 Å². The van der Waals surface area contributed by atoms with Crippen LogP contribution >= 0.6 is 0 Å². The Kier molecular flexibility index (Phi) is 7.02. The van der Waals surface area contributed by atoms with Crippen molar-refractivity contribution in [2.45, 2.75) is 0 Å². The van der Waals surface area contributed by atoms with E-state index in [-0.39, 0.29) is 0 Å². The van der Waals surface area contributed by atoms with E-state index in [4.69, 9.17) is 15.0 Å². The maximum Gasteiger partial charge on any atom is 0.240 e. The molecule has 0 radical (unpaired) electrons. The van der Waals surface area contributed by atoms with Gasteiger partial charge in [0.1, 0.15) is 0 Å². The molecule has 0 saturated heterocycles. The molecule has 0 N–H and O–H groups in total. The fourth-order valence-corrected chi connectivity index (χ4v) is 10.5. The molecule has 292 valence electrons. The number of nitrogens with zero attached hydrogens (tertiary/aromatic N) is 6. The van der Waals surface area contributed by atoms with E-state index in [1.165, 1.54) is 32.3 Å². The van der Waals surface area contributed by atoms with E-state index in [0.29, 0.717) is 17.7 Å². The molecule has 0 aliphatic carbocycles. The minimum Gasteiger partial charge on any atom is -0.307 e. The Balaban J connectivity index is 1.23. The molecule has 0 atom stereocenters. The molecule has 0 aliphatic rings. The van der Waals surface area contributed by atoms with Gasteiger partial charge in [0.05, 0.1) is 38.6 Å². The monoisotopic (exact) mass is 802 g/mol. The van der Waals surface area contributed by atoms with Crippen LogP contribution in [-0.4, -0.2) is 28.5 Å². The summed E-state index contributed by atoms with van der Waals surface area (Å²) in [5.41, 5.74) is 8.30. The third-order valence-electron chi connectivity index (χ3n) is 13.1. The number of benzene rings is 9. The molecule has 6 heteroatoms. The van der Waals surface area contributed by atoms with Crippen molar-refractivity contribution in [2.24, 2.45) is 0 Å². The Morgan fingerprint density at radius 2 is 0.540 bits per heavy atom. The number of aromatic nitrogens is 6. The zero-order chi connectivity index (χ0) is 41.2. The average Bonchev–Trinajstić information content (AvgIpc) is 4.00. The first-order valence-electron chi connectivity index (χ1n) is 21.4. The van der Waals surface area contributed by atoms with Crippen LogP contribution in [-0.2, 0) is 0 Å². The topological polar surface area (TPSA) is 52.9 Å². The minimum atomic E-state index is 0.547. The van der Waals surface area contributed by atoms with E-state index >= 15 is 0 Å². The summed E-state index contributed by atoms with van der Waals surface area (Å²) in [5, 5.41) is 13.9. The third-order valence-corrected chi connectivity index (χ3v) is 13.1. The number of para-hydroxylation sites is 7. The van der Waals surface area contributed by atoms with Crippen molar-refractivity contribution in [3.63, 3.8) is 0 Å². The van der Waals surface area contributed by atoms with E-state index in [9.17, 15) is 0 Å². The molecule has 5 heterocycles. The Hall–Kier alpha value is -8.61. The highest BCUT2D eigenvalue weighted by atomic mass is 15.3. The molecule has 0 unspecified atom stereocenters. The van der Waals surface area contributed by atoms with Crippen molar-refractivity contribution in [2.75, 3.05) is 0 Å². The largest absolute Gasteiger partial charge is 0.307 e. The van der Waals surface area contributed by atoms with Crippen LogP contribution in [0, 0.1) is 0 Å². The highest BCUT2D eigenvalue weighted by Crippen LogP contribution is 2.42. The smallest absolute Gasteiger partial charge is 0.240 e. The lowest BCUT2D eigenvalue weighted by Crippen LogP contribution is -2.10. The number of hydrogen-bond acceptors (Lipinski definition) is 3. The van der Waals surface area contributed by atoms with Gasteiger partial charge in [-0.1, -0.05) is 170 Å². The summed E-state index contributed by atoms with van der Waals surface area (Å²) in [6, 6.07) is 73.9. The molecule has 9 aromatic carbocycles. The van der Waals surface area contributed by atoms with Crippen molar-refractivity contribution in [1.82, 2.24) is 28.5 Å². The van der Waals surface area contributed by atoms with Crippen molar-refractivity contribution in [1.29, 1.82) is 0 Å². The van der Waals surface area contributed by atoms with Crippen LogP contribution in [0.4, 0.5) is 0 Å². The summed E-state index contributed by atoms with van der Waals surface area (Å²) < 4.78 is 6.89. The predicted molar refractivity (Wildman–Crippen MR) is 261 cm³/mol. The standard InChI is InChI=1S/C57H34N6/c1-3-19-37-35(17-1)36-18-2-4-20-38(36)45-27-16-29-47(54(45)63-52-34-14-9-25-43(52)46-28-15-26-44(37)53(46)63)55-58-56(61-48-30-10-5-21-39(48)40-22-6-11-31-49(40)61)60-57(59-55)62-50-32-12-7-23-41(50)42-24-8-13-33-51(42)62/h1-34H. The summed E-state index contributed by atoms with van der Waals surface area (Å²) in [6.45, 7) is 0. The highest BCUT2D eigenvalue weighted by Gasteiger charge is 2.23. The predicted octanol–water partition coefficient (Wildman–Crippen LogP) is 14.3. The van der Waals surface area contributed by atoms with Crippen LogP contribution in [0.1, 0.15) is 0 Å². The molecular weight excluding hydrogens is 769 g/mol. The van der Waals surface area contributed by atoms with Crippen molar-refractivity contribution in [3.8, 4) is 23.3 Å². The Morgan fingerprint density at radius 1 is 0.238 bits per heavy atom. The van der Waals surface area contributed by atoms with E-state index in [1.54, 1.807) is 0 Å². The Labute approximate surface area is 359 Å². The summed E-state index contributed by atoms with van der Waals surface area (Å²) in [6.07, 6.45) is 0. The SMILES string of the molecule is c1ccc2c(c1)c1ccccc1c1cccc3c4ccccc4n(c4c(-c5nc(-n6c7ccccc7c7ccccc76)nc(-n6c7ccccc7c7ccccc76)n5)cccc24)c13. The molecule has 0 amide bonds. The van der Waals surface area contributed by atoms with Gasteiger partial charge in [0.15, 0.2) is 5.82 Å². The molecule has 0 aliphatic heterocycles. The van der Waals surface area contributed by atoms with Crippen LogP contribution in [0.3, 0.4) is 0 Å². The van der Waals surface area contributed by atoms with Crippen LogP contribution in [0.25, 0.3) is 127 Å². The molecule has 0 saturated carbocycles. The summed E-state index contributed by atoms with van der Waals surface area (Å²) >= 11 is 0. The quantitative estimate of drug-likeness (QED) is 0.179. The normalized spacial score (nSPS) is 12.1. The van der Waals surface area contributed by atoms with Gasteiger partial charge in [-0.15, -0.1) is 0 Å². The number of rotatable bonds is 3. The summed E-state index contributed by atoms with van der Waals surface area (Å²) in [5.74, 6) is 1.67. The first kappa shape index (κ1) is 34.1. The van der Waals surface area contributed by atoms with Crippen LogP contribution in [0.5, 0.6) is 0 Å². The molecule has 14 rings (SSSR count). The van der Waals surface area contributed by atoms with Gasteiger partial charge in [0.2, 0.25) is 11.9 Å². The van der Waals surface area contributed by atoms with Crippen LogP contribution in [0.2, 0.25) is 0 Å². The van der Waals surface area contributed by atoms with Crippen molar-refractivity contribution in [3.05, 3.63) is 206 Å². The Morgan fingerprint density at radius 3 is 0.984 bits per heavy atom. The van der Waals surface area contributed by atoms with Gasteiger partial charge in [-0.3, -0.25) is 9.13 Å². The lowest BCUT2D eigenvalue weighted by molar-refractivity contribution is 0.893. The lowest BCUT2D eigenvalue weighted by atomic mass is 10.00. The fraction of sp³-hybridized carbons (Fsp3) is 0. The maximum absolute atomic E-state index is 5.60. The van der Waals surface area contributed by atoms with Gasteiger partial charge >= 0.3 is 0 Å². The fourth-order valence-electron chi connectivity index (χ4n) is 10.5. The van der Waals surface area contributed by atoms with Gasteiger partial charge < -0.3 is 4.40 Å². The van der Waals surface area contributed by atoms with Crippen molar-refractivity contribution >= 4 is 103 Å². The van der Waals surface area contributed by atoms with Gasteiger partial charge in [0.25, 0.3) is 0 Å². The van der Waals surface area contributed by atoms with Crippen LogP contribution < -0.4 is 0 Å². The number of fused-ring (bicyclic) bond motifs is 16. The zero-order valence-electron chi connectivity index (χ0n) is 33.8. The molecule has 5 aromatic heterocycles. The second kappa shape index (κ2) is 12.9. The maximum atomic E-state index is 5.60. The highest BCUT2D eigenvalue weighted by molar-refractivity contribution is 6.26. The average molecular weight is 803 g/mol. The number of hydrogen-bond donors (Lipinski definition) is 0. The summed E-state index contributed by atoms with van der Waals surface area (Å²) in [4.78, 5) is 16.7. The second-order valence-corrected chi connectivity index (χ2v) is 16.3. The summed E-state index contributed by atoms with van der Waals surface area (Å²) in [7, 11) is 0. The Bertz CT molecular complexity index is 4040. The zero-order valence-corrected chi connectivity index (χ0v) is 33.8. The van der Waals surface area contributed by atoms with E-state index in [1.807, 2.05) is 0 Å². The van der Waals surface area contributed by atoms with E-state index < -0.39 is 0 Å². The van der Waals surface area contributed by atoms with E-state index in [0.717, 1.165) is 76.5 Å². The first-order valence-corrected chi connectivity index (χ1v) is 21.4. The molecule has 0 fully saturated rings. The molecule has 0 bridgehead atoms. The third kappa shape index (κ3) is 4.74. The van der Waals surface area contributed by atoms with Crippen LogP contribution in [0.15, 0.2) is 206 Å².